The van der Waals surface area contributed by atoms with Crippen molar-refractivity contribution in [1.82, 2.24) is 10.2 Å². The highest BCUT2D eigenvalue weighted by molar-refractivity contribution is 5.95. The molecule has 0 saturated carbocycles. The van der Waals surface area contributed by atoms with Crippen LogP contribution in [0.2, 0.25) is 0 Å². The maximum Gasteiger partial charge on any atom is 0.254 e. The van der Waals surface area contributed by atoms with E-state index in [1.165, 1.54) is 0 Å². The summed E-state index contributed by atoms with van der Waals surface area (Å²) in [6.45, 7) is 4.57. The molecule has 3 rings (SSSR count). The number of nitrogens with zero attached hydrogens (tertiary/aromatic N) is 1. The SMILES string of the molecule is COc1cccc(C(=O)N2C[C@@H](C(=O)NC(C)C)[C@H](c3cc(OC)ccc3OC)C2)c1. The predicted octanol–water partition coefficient (Wildman–Crippen LogP) is 3.09. The number of hydrogen-bond acceptors (Lipinski definition) is 5. The van der Waals surface area contributed by atoms with Gasteiger partial charge in [0.2, 0.25) is 5.91 Å². The molecule has 1 N–H and O–H groups in total. The molecule has 1 heterocycles. The largest absolute Gasteiger partial charge is 0.497 e. The van der Waals surface area contributed by atoms with Crippen LogP contribution >= 0.6 is 0 Å². The monoisotopic (exact) mass is 426 g/mol. The summed E-state index contributed by atoms with van der Waals surface area (Å²) < 4.78 is 16.2. The first-order valence-corrected chi connectivity index (χ1v) is 10.3. The van der Waals surface area contributed by atoms with Gasteiger partial charge < -0.3 is 24.4 Å². The van der Waals surface area contributed by atoms with Crippen molar-refractivity contribution < 1.29 is 23.8 Å². The molecule has 0 unspecified atom stereocenters. The van der Waals surface area contributed by atoms with E-state index in [0.717, 1.165) is 5.56 Å². The van der Waals surface area contributed by atoms with Crippen molar-refractivity contribution in [2.45, 2.75) is 25.8 Å². The molecule has 2 aromatic rings. The summed E-state index contributed by atoms with van der Waals surface area (Å²) in [5.41, 5.74) is 1.38. The molecule has 2 atom stereocenters. The van der Waals surface area contributed by atoms with E-state index in [4.69, 9.17) is 14.2 Å². The van der Waals surface area contributed by atoms with Gasteiger partial charge in [-0.3, -0.25) is 9.59 Å². The molecule has 0 bridgehead atoms. The molecule has 166 valence electrons. The number of likely N-dealkylation sites (tertiary alicyclic amines) is 1. The first kappa shape index (κ1) is 22.5. The van der Waals surface area contributed by atoms with Gasteiger partial charge in [0, 0.05) is 36.2 Å². The van der Waals surface area contributed by atoms with Crippen LogP contribution in [0.3, 0.4) is 0 Å². The van der Waals surface area contributed by atoms with Crippen molar-refractivity contribution in [3.8, 4) is 17.2 Å². The second kappa shape index (κ2) is 9.73. The fourth-order valence-electron chi connectivity index (χ4n) is 4.01. The highest BCUT2D eigenvalue weighted by atomic mass is 16.5. The van der Waals surface area contributed by atoms with Crippen LogP contribution in [0.1, 0.15) is 35.7 Å². The van der Waals surface area contributed by atoms with Gasteiger partial charge in [0.05, 0.1) is 27.2 Å². The number of carbonyl (C=O) groups excluding carboxylic acids is 2. The fraction of sp³-hybridized carbons (Fsp3) is 0.417. The third-order valence-corrected chi connectivity index (χ3v) is 5.53. The number of rotatable bonds is 7. The Labute approximate surface area is 183 Å². The molecule has 2 amide bonds. The summed E-state index contributed by atoms with van der Waals surface area (Å²) in [5, 5.41) is 3.00. The van der Waals surface area contributed by atoms with Crippen LogP contribution in [0.15, 0.2) is 42.5 Å². The Morgan fingerprint density at radius 3 is 2.32 bits per heavy atom. The van der Waals surface area contributed by atoms with Crippen molar-refractivity contribution >= 4 is 11.8 Å². The van der Waals surface area contributed by atoms with E-state index in [-0.39, 0.29) is 23.8 Å². The predicted molar refractivity (Wildman–Crippen MR) is 118 cm³/mol. The molecule has 0 radical (unpaired) electrons. The lowest BCUT2D eigenvalue weighted by molar-refractivity contribution is -0.125. The molecule has 1 aliphatic heterocycles. The molecule has 7 nitrogen and oxygen atoms in total. The molecular weight excluding hydrogens is 396 g/mol. The molecule has 0 spiro atoms. The van der Waals surface area contributed by atoms with Crippen LogP contribution in [0.4, 0.5) is 0 Å². The van der Waals surface area contributed by atoms with Gasteiger partial charge >= 0.3 is 0 Å². The topological polar surface area (TPSA) is 77.1 Å². The van der Waals surface area contributed by atoms with Gasteiger partial charge in [0.25, 0.3) is 5.91 Å². The molecule has 1 aliphatic rings. The third-order valence-electron chi connectivity index (χ3n) is 5.53. The van der Waals surface area contributed by atoms with Crippen molar-refractivity contribution in [3.05, 3.63) is 53.6 Å². The van der Waals surface area contributed by atoms with Gasteiger partial charge in [-0.15, -0.1) is 0 Å². The molecular formula is C24H30N2O5. The highest BCUT2D eigenvalue weighted by Crippen LogP contribution is 2.40. The zero-order valence-electron chi connectivity index (χ0n) is 18.7. The molecule has 0 aliphatic carbocycles. The third kappa shape index (κ3) is 4.93. The molecule has 7 heteroatoms. The van der Waals surface area contributed by atoms with E-state index >= 15 is 0 Å². The van der Waals surface area contributed by atoms with Crippen LogP contribution < -0.4 is 19.5 Å². The number of ether oxygens (including phenoxy) is 3. The summed E-state index contributed by atoms with van der Waals surface area (Å²) in [4.78, 5) is 28.0. The summed E-state index contributed by atoms with van der Waals surface area (Å²) in [7, 11) is 4.77. The van der Waals surface area contributed by atoms with Crippen molar-refractivity contribution in [2.24, 2.45) is 5.92 Å². The number of amides is 2. The molecule has 1 saturated heterocycles. The Balaban J connectivity index is 1.96. The first-order chi connectivity index (χ1) is 14.9. The van der Waals surface area contributed by atoms with Crippen LogP contribution in [0.5, 0.6) is 17.2 Å². The molecule has 1 fully saturated rings. The van der Waals surface area contributed by atoms with Crippen molar-refractivity contribution in [2.75, 3.05) is 34.4 Å². The Morgan fingerprint density at radius 1 is 0.968 bits per heavy atom. The van der Waals surface area contributed by atoms with Crippen LogP contribution in [0, 0.1) is 5.92 Å². The van der Waals surface area contributed by atoms with E-state index in [2.05, 4.69) is 5.32 Å². The molecule has 0 aromatic heterocycles. The lowest BCUT2D eigenvalue weighted by atomic mass is 9.87. The average Bonchev–Trinajstić information content (AvgIpc) is 3.23. The summed E-state index contributed by atoms with van der Waals surface area (Å²) in [5.74, 6) is 1.12. The van der Waals surface area contributed by atoms with E-state index in [1.54, 1.807) is 50.5 Å². The Kier molecular flexibility index (Phi) is 7.05. The fourth-order valence-corrected chi connectivity index (χ4v) is 4.01. The maximum absolute atomic E-state index is 13.2. The zero-order chi connectivity index (χ0) is 22.5. The number of benzene rings is 2. The van der Waals surface area contributed by atoms with Gasteiger partial charge in [-0.25, -0.2) is 0 Å². The lowest BCUT2D eigenvalue weighted by Crippen LogP contribution is -2.39. The van der Waals surface area contributed by atoms with Crippen molar-refractivity contribution in [1.29, 1.82) is 0 Å². The Bertz CT molecular complexity index is 943. The number of carbonyl (C=O) groups is 2. The van der Waals surface area contributed by atoms with Gasteiger partial charge in [0.15, 0.2) is 0 Å². The van der Waals surface area contributed by atoms with E-state index in [1.807, 2.05) is 32.0 Å². The number of hydrogen-bond donors (Lipinski definition) is 1. The summed E-state index contributed by atoms with van der Waals surface area (Å²) in [6, 6.07) is 12.6. The Morgan fingerprint density at radius 2 is 1.68 bits per heavy atom. The minimum absolute atomic E-state index is 0.00323. The molecule has 2 aromatic carbocycles. The van der Waals surface area contributed by atoms with Crippen LogP contribution in [0.25, 0.3) is 0 Å². The second-order valence-corrected chi connectivity index (χ2v) is 7.93. The maximum atomic E-state index is 13.2. The van der Waals surface area contributed by atoms with Gasteiger partial charge in [0.1, 0.15) is 17.2 Å². The van der Waals surface area contributed by atoms with Crippen LogP contribution in [-0.4, -0.2) is 57.2 Å². The lowest BCUT2D eigenvalue weighted by Gasteiger charge is -2.22. The number of nitrogens with one attached hydrogen (secondary N) is 1. The average molecular weight is 427 g/mol. The smallest absolute Gasteiger partial charge is 0.254 e. The van der Waals surface area contributed by atoms with Gasteiger partial charge in [-0.05, 0) is 50.2 Å². The van der Waals surface area contributed by atoms with E-state index < -0.39 is 5.92 Å². The van der Waals surface area contributed by atoms with Gasteiger partial charge in [-0.1, -0.05) is 6.07 Å². The highest BCUT2D eigenvalue weighted by Gasteiger charge is 2.42. The summed E-state index contributed by atoms with van der Waals surface area (Å²) in [6.07, 6.45) is 0. The minimum atomic E-state index is -0.405. The van der Waals surface area contributed by atoms with E-state index in [9.17, 15) is 9.59 Å². The normalized spacial score (nSPS) is 18.1. The summed E-state index contributed by atoms with van der Waals surface area (Å²) >= 11 is 0. The quantitative estimate of drug-likeness (QED) is 0.736. The zero-order valence-corrected chi connectivity index (χ0v) is 18.7. The number of methoxy groups -OCH3 is 3. The second-order valence-electron chi connectivity index (χ2n) is 7.93. The Hall–Kier alpha value is -3.22. The van der Waals surface area contributed by atoms with Crippen molar-refractivity contribution in [3.63, 3.8) is 0 Å². The van der Waals surface area contributed by atoms with E-state index in [0.29, 0.717) is 35.9 Å². The minimum Gasteiger partial charge on any atom is -0.497 e. The molecule has 31 heavy (non-hydrogen) atoms. The van der Waals surface area contributed by atoms with Crippen LogP contribution in [-0.2, 0) is 4.79 Å². The standard InChI is InChI=1S/C24H30N2O5/c1-15(2)25-23(27)21-14-26(24(28)16-7-6-8-17(11-16)29-3)13-20(21)19-12-18(30-4)9-10-22(19)31-5/h6-12,15,20-21H,13-14H2,1-5H3,(H,25,27)/t20-,21+/m0/s1. The van der Waals surface area contributed by atoms with Gasteiger partial charge in [-0.2, -0.15) is 0 Å². The first-order valence-electron chi connectivity index (χ1n) is 10.3.